The van der Waals surface area contributed by atoms with Gasteiger partial charge in [0.25, 0.3) is 0 Å². The Bertz CT molecular complexity index is 712. The summed E-state index contributed by atoms with van der Waals surface area (Å²) in [6.45, 7) is 6.28. The van der Waals surface area contributed by atoms with Crippen molar-refractivity contribution in [1.82, 2.24) is 20.5 Å². The SMILES string of the molecule is CCc1cnc(CCNC(=NC)NC2CCCN(Cc3ccccc3)C2)s1. The minimum Gasteiger partial charge on any atom is -0.356 e. The second kappa shape index (κ2) is 10.4. The van der Waals surface area contributed by atoms with Crippen molar-refractivity contribution >= 4 is 17.3 Å². The first-order chi connectivity index (χ1) is 13.3. The molecule has 0 aliphatic carbocycles. The maximum atomic E-state index is 4.49. The number of benzene rings is 1. The topological polar surface area (TPSA) is 52.6 Å². The van der Waals surface area contributed by atoms with Crippen LogP contribution in [-0.2, 0) is 19.4 Å². The zero-order valence-electron chi connectivity index (χ0n) is 16.4. The number of aliphatic imine (C=N–C) groups is 1. The maximum Gasteiger partial charge on any atom is 0.191 e. The molecule has 1 atom stereocenters. The Balaban J connectivity index is 1.43. The minimum atomic E-state index is 0.445. The van der Waals surface area contributed by atoms with Crippen LogP contribution in [0.25, 0.3) is 0 Å². The van der Waals surface area contributed by atoms with Gasteiger partial charge < -0.3 is 10.6 Å². The lowest BCUT2D eigenvalue weighted by Crippen LogP contribution is -2.51. The molecule has 1 saturated heterocycles. The van der Waals surface area contributed by atoms with E-state index in [1.165, 1.54) is 34.8 Å². The molecular formula is C21H31N5S. The Labute approximate surface area is 166 Å². The molecule has 1 aromatic heterocycles. The normalized spacial score (nSPS) is 18.4. The number of nitrogens with zero attached hydrogens (tertiary/aromatic N) is 3. The van der Waals surface area contributed by atoms with E-state index in [2.05, 4.69) is 62.8 Å². The average Bonchev–Trinajstić information content (AvgIpc) is 3.16. The summed E-state index contributed by atoms with van der Waals surface area (Å²) in [5.74, 6) is 0.897. The van der Waals surface area contributed by atoms with Crippen LogP contribution in [-0.4, -0.2) is 48.6 Å². The zero-order valence-corrected chi connectivity index (χ0v) is 17.3. The first kappa shape index (κ1) is 19.8. The molecule has 0 saturated carbocycles. The van der Waals surface area contributed by atoms with Crippen molar-refractivity contribution in [3.8, 4) is 0 Å². The minimum absolute atomic E-state index is 0.445. The lowest BCUT2D eigenvalue weighted by atomic mass is 10.0. The van der Waals surface area contributed by atoms with Gasteiger partial charge in [-0.25, -0.2) is 4.98 Å². The first-order valence-corrected chi connectivity index (χ1v) is 10.8. The number of aryl methyl sites for hydroxylation is 1. The van der Waals surface area contributed by atoms with Crippen LogP contribution in [0.4, 0.5) is 0 Å². The first-order valence-electron chi connectivity index (χ1n) is 9.94. The fraction of sp³-hybridized carbons (Fsp3) is 0.524. The molecule has 27 heavy (non-hydrogen) atoms. The molecule has 2 aromatic rings. The summed E-state index contributed by atoms with van der Waals surface area (Å²) in [5, 5.41) is 8.24. The lowest BCUT2D eigenvalue weighted by molar-refractivity contribution is 0.192. The van der Waals surface area contributed by atoms with Crippen LogP contribution in [0, 0.1) is 0 Å². The fourth-order valence-corrected chi connectivity index (χ4v) is 4.32. The molecule has 1 aliphatic heterocycles. The van der Waals surface area contributed by atoms with Crippen LogP contribution in [0.1, 0.15) is 35.2 Å². The van der Waals surface area contributed by atoms with Crippen molar-refractivity contribution in [3.05, 3.63) is 52.0 Å². The number of hydrogen-bond donors (Lipinski definition) is 2. The summed E-state index contributed by atoms with van der Waals surface area (Å²) in [5.41, 5.74) is 1.38. The van der Waals surface area contributed by atoms with E-state index >= 15 is 0 Å². The zero-order chi connectivity index (χ0) is 18.9. The number of guanidine groups is 1. The van der Waals surface area contributed by atoms with E-state index in [-0.39, 0.29) is 0 Å². The molecule has 146 valence electrons. The van der Waals surface area contributed by atoms with E-state index < -0.39 is 0 Å². The molecule has 1 fully saturated rings. The Morgan fingerprint density at radius 3 is 2.93 bits per heavy atom. The molecular weight excluding hydrogens is 354 g/mol. The van der Waals surface area contributed by atoms with Gasteiger partial charge in [0.1, 0.15) is 0 Å². The third kappa shape index (κ3) is 6.33. The highest BCUT2D eigenvalue weighted by Crippen LogP contribution is 2.14. The van der Waals surface area contributed by atoms with Gasteiger partial charge in [0.2, 0.25) is 0 Å². The lowest BCUT2D eigenvalue weighted by Gasteiger charge is -2.34. The number of thiazole rings is 1. The van der Waals surface area contributed by atoms with Crippen LogP contribution in [0.15, 0.2) is 41.5 Å². The van der Waals surface area contributed by atoms with Gasteiger partial charge in [-0.05, 0) is 31.4 Å². The van der Waals surface area contributed by atoms with Gasteiger partial charge in [0, 0.05) is 50.2 Å². The van der Waals surface area contributed by atoms with Gasteiger partial charge in [-0.15, -0.1) is 11.3 Å². The average molecular weight is 386 g/mol. The fourth-order valence-electron chi connectivity index (χ4n) is 3.46. The predicted octanol–water partition coefficient (Wildman–Crippen LogP) is 3.08. The number of likely N-dealkylation sites (tertiary alicyclic amines) is 1. The molecule has 5 nitrogen and oxygen atoms in total. The van der Waals surface area contributed by atoms with Gasteiger partial charge in [0.15, 0.2) is 5.96 Å². The van der Waals surface area contributed by atoms with Crippen molar-refractivity contribution in [2.45, 2.75) is 45.2 Å². The number of aromatic nitrogens is 1. The van der Waals surface area contributed by atoms with Crippen molar-refractivity contribution in [3.63, 3.8) is 0 Å². The van der Waals surface area contributed by atoms with Gasteiger partial charge >= 0.3 is 0 Å². The molecule has 1 unspecified atom stereocenters. The number of nitrogens with one attached hydrogen (secondary N) is 2. The summed E-state index contributed by atoms with van der Waals surface area (Å²) in [6, 6.07) is 11.2. The molecule has 1 aliphatic rings. The van der Waals surface area contributed by atoms with E-state index in [1.807, 2.05) is 24.6 Å². The third-order valence-corrected chi connectivity index (χ3v) is 6.10. The van der Waals surface area contributed by atoms with Crippen molar-refractivity contribution in [2.24, 2.45) is 4.99 Å². The Kier molecular flexibility index (Phi) is 7.66. The Hall–Kier alpha value is -1.92. The maximum absolute atomic E-state index is 4.49. The number of hydrogen-bond acceptors (Lipinski definition) is 4. The van der Waals surface area contributed by atoms with Crippen molar-refractivity contribution < 1.29 is 0 Å². The molecule has 0 radical (unpaired) electrons. The summed E-state index contributed by atoms with van der Waals surface area (Å²) < 4.78 is 0. The molecule has 6 heteroatoms. The van der Waals surface area contributed by atoms with Crippen molar-refractivity contribution in [2.75, 3.05) is 26.7 Å². The van der Waals surface area contributed by atoms with Crippen LogP contribution < -0.4 is 10.6 Å². The summed E-state index contributed by atoms with van der Waals surface area (Å²) in [4.78, 5) is 12.8. The second-order valence-corrected chi connectivity index (χ2v) is 8.23. The molecule has 3 rings (SSSR count). The van der Waals surface area contributed by atoms with E-state index in [1.54, 1.807) is 0 Å². The van der Waals surface area contributed by atoms with E-state index in [9.17, 15) is 0 Å². The summed E-state index contributed by atoms with van der Waals surface area (Å²) in [6.07, 6.45) is 6.42. The highest BCUT2D eigenvalue weighted by atomic mass is 32.1. The molecule has 2 N–H and O–H groups in total. The largest absolute Gasteiger partial charge is 0.356 e. The molecule has 0 amide bonds. The van der Waals surface area contributed by atoms with Gasteiger partial charge in [0.05, 0.1) is 5.01 Å². The van der Waals surface area contributed by atoms with Crippen LogP contribution in [0.2, 0.25) is 0 Å². The smallest absolute Gasteiger partial charge is 0.191 e. The van der Waals surface area contributed by atoms with Crippen molar-refractivity contribution in [1.29, 1.82) is 0 Å². The highest BCUT2D eigenvalue weighted by Gasteiger charge is 2.20. The Morgan fingerprint density at radius 1 is 1.33 bits per heavy atom. The van der Waals surface area contributed by atoms with Crippen LogP contribution >= 0.6 is 11.3 Å². The van der Waals surface area contributed by atoms with Crippen LogP contribution in [0.5, 0.6) is 0 Å². The quantitative estimate of drug-likeness (QED) is 0.568. The highest BCUT2D eigenvalue weighted by molar-refractivity contribution is 7.11. The monoisotopic (exact) mass is 385 g/mol. The number of piperidine rings is 1. The van der Waals surface area contributed by atoms with E-state index in [0.717, 1.165) is 38.4 Å². The van der Waals surface area contributed by atoms with E-state index in [0.29, 0.717) is 6.04 Å². The molecule has 2 heterocycles. The van der Waals surface area contributed by atoms with Crippen LogP contribution in [0.3, 0.4) is 0 Å². The summed E-state index contributed by atoms with van der Waals surface area (Å²) in [7, 11) is 1.85. The third-order valence-electron chi connectivity index (χ3n) is 4.90. The van der Waals surface area contributed by atoms with Gasteiger partial charge in [-0.3, -0.25) is 9.89 Å². The van der Waals surface area contributed by atoms with Gasteiger partial charge in [-0.2, -0.15) is 0 Å². The second-order valence-electron chi connectivity index (χ2n) is 7.03. The molecule has 1 aromatic carbocycles. The molecule has 0 spiro atoms. The van der Waals surface area contributed by atoms with E-state index in [4.69, 9.17) is 0 Å². The standard InChI is InChI=1S/C21H31N5S/c1-3-19-14-24-20(27-19)11-12-23-21(22-2)25-18-10-7-13-26(16-18)15-17-8-5-4-6-9-17/h4-6,8-9,14,18H,3,7,10-13,15-16H2,1-2H3,(H2,22,23,25). The number of rotatable bonds is 7. The van der Waals surface area contributed by atoms with Gasteiger partial charge in [-0.1, -0.05) is 37.3 Å². The Morgan fingerprint density at radius 2 is 2.19 bits per heavy atom. The summed E-state index contributed by atoms with van der Waals surface area (Å²) >= 11 is 1.81. The molecule has 0 bridgehead atoms. The predicted molar refractivity (Wildman–Crippen MR) is 114 cm³/mol.